The topological polar surface area (TPSA) is 66.4 Å². The molecule has 1 N–H and O–H groups in total. The summed E-state index contributed by atoms with van der Waals surface area (Å²) in [7, 11) is -2.45. The van der Waals surface area contributed by atoms with Crippen molar-refractivity contribution in [3.63, 3.8) is 0 Å². The van der Waals surface area contributed by atoms with E-state index < -0.39 is 22.4 Å². The van der Waals surface area contributed by atoms with Crippen LogP contribution in [0, 0.1) is 5.92 Å². The Bertz CT molecular complexity index is 1490. The lowest BCUT2D eigenvalue weighted by Crippen LogP contribution is -2.50. The van der Waals surface area contributed by atoms with Crippen LogP contribution in [0.3, 0.4) is 0 Å². The van der Waals surface area contributed by atoms with Crippen molar-refractivity contribution >= 4 is 16.6 Å². The Morgan fingerprint density at radius 2 is 1.60 bits per heavy atom. The highest BCUT2D eigenvalue weighted by Crippen LogP contribution is 2.45. The third kappa shape index (κ3) is 13.3. The smallest absolute Gasteiger partial charge is 0.192 e. The zero-order chi connectivity index (χ0) is 40.0. The maximum atomic E-state index is 12.3. The predicted molar refractivity (Wildman–Crippen MR) is 227 cm³/mol. The summed E-state index contributed by atoms with van der Waals surface area (Å²) in [6.07, 6.45) is 10.7. The Morgan fingerprint density at radius 3 is 2.17 bits per heavy atom. The van der Waals surface area contributed by atoms with Gasteiger partial charge in [-0.25, -0.2) is 0 Å². The maximum Gasteiger partial charge on any atom is 0.192 e. The Balaban J connectivity index is 1.89. The predicted octanol–water partition coefficient (Wildman–Crippen LogP) is 12.0. The number of hydrogen-bond donors (Lipinski definition) is 1. The van der Waals surface area contributed by atoms with Crippen molar-refractivity contribution in [2.45, 2.75) is 168 Å². The summed E-state index contributed by atoms with van der Waals surface area (Å²) in [4.78, 5) is 0. The molecule has 0 aromatic heterocycles. The molecule has 1 aliphatic heterocycles. The van der Waals surface area contributed by atoms with E-state index in [9.17, 15) is 5.11 Å². The highest BCUT2D eigenvalue weighted by Gasteiger charge is 2.46. The van der Waals surface area contributed by atoms with Crippen molar-refractivity contribution in [3.8, 4) is 5.75 Å². The molecule has 1 aliphatic carbocycles. The van der Waals surface area contributed by atoms with Crippen molar-refractivity contribution < 1.29 is 28.2 Å². The van der Waals surface area contributed by atoms with Crippen LogP contribution in [0.2, 0.25) is 36.3 Å². The number of aliphatic hydroxyl groups is 1. The van der Waals surface area contributed by atoms with E-state index in [4.69, 9.17) is 23.1 Å². The molecule has 0 bridgehead atoms. The number of methoxy groups -OCH3 is 1. The fraction of sp³-hybridized carbons (Fsp3) is 0.644. The third-order valence-electron chi connectivity index (χ3n) is 11.9. The molecule has 1 unspecified atom stereocenters. The van der Waals surface area contributed by atoms with E-state index in [0.29, 0.717) is 19.6 Å². The van der Waals surface area contributed by atoms with Crippen LogP contribution >= 0.6 is 0 Å². The minimum Gasteiger partial charge on any atom is -0.497 e. The van der Waals surface area contributed by atoms with Crippen LogP contribution in [0.4, 0.5) is 0 Å². The molecule has 0 radical (unpaired) electrons. The summed E-state index contributed by atoms with van der Waals surface area (Å²) in [6, 6.07) is 7.95. The molecule has 298 valence electrons. The molecule has 1 aromatic rings. The summed E-state index contributed by atoms with van der Waals surface area (Å²) >= 11 is 0. The number of ether oxygens (including phenoxy) is 3. The molecule has 5 atom stereocenters. The highest BCUT2D eigenvalue weighted by molar-refractivity contribution is 6.74. The van der Waals surface area contributed by atoms with Crippen molar-refractivity contribution in [1.29, 1.82) is 0 Å². The van der Waals surface area contributed by atoms with Crippen LogP contribution in [-0.4, -0.2) is 59.6 Å². The molecule has 0 amide bonds. The number of hydrogen-bond acceptors (Lipinski definition) is 6. The van der Waals surface area contributed by atoms with Gasteiger partial charge in [-0.3, -0.25) is 0 Å². The maximum absolute atomic E-state index is 12.3. The van der Waals surface area contributed by atoms with Crippen LogP contribution < -0.4 is 4.74 Å². The first kappa shape index (κ1) is 45.3. The van der Waals surface area contributed by atoms with E-state index in [1.165, 1.54) is 11.1 Å². The normalized spacial score (nSPS) is 23.5. The van der Waals surface area contributed by atoms with E-state index in [1.807, 2.05) is 30.3 Å². The zero-order valence-electron chi connectivity index (χ0n) is 35.9. The zero-order valence-corrected chi connectivity index (χ0v) is 37.9. The van der Waals surface area contributed by atoms with Gasteiger partial charge < -0.3 is 28.2 Å². The van der Waals surface area contributed by atoms with Gasteiger partial charge in [0, 0.05) is 12.3 Å². The van der Waals surface area contributed by atoms with Crippen LogP contribution in [0.15, 0.2) is 83.5 Å². The molecular weight excluding hydrogens is 693 g/mol. The number of fused-ring (bicyclic) bond motifs is 1. The standard InChI is InChI=1S/C45H74O6Si2/c1-32(2)18-17-19-33(3)24-39(50-52(13,14)43(6,7)8)25-34(4)28-45(46)29-37(31-48-30-36-20-22-38(47-12)23-21-36)40-27-41(35(5)26-42(40)49-45)51-53(15,16)44(9,10)11/h20-24,26,29,39-42,46H,1,4,17-19,25,27-28,30-31H2,2-3,5-16H3/b33-24+/t39-,40-,41-,42-,45?/m1/s1. The quantitative estimate of drug-likeness (QED) is 0.119. The SMILES string of the molecule is C=C(C)CCC/C(C)=C/[C@H](CC(=C)CC1(O)C=C(COCc2ccc(OC)cc2)[C@H]2C[C@@H](O[Si](C)(C)C(C)(C)C)C(C)=C[C@H]2O1)O[Si](C)(C)C(C)(C)C. The second kappa shape index (κ2) is 18.3. The largest absolute Gasteiger partial charge is 0.497 e. The first-order valence-corrected chi connectivity index (χ1v) is 25.5. The first-order valence-electron chi connectivity index (χ1n) is 19.7. The molecule has 2 aliphatic rings. The van der Waals surface area contributed by atoms with Gasteiger partial charge in [-0.15, -0.1) is 6.58 Å². The van der Waals surface area contributed by atoms with Crippen LogP contribution in [0.25, 0.3) is 0 Å². The van der Waals surface area contributed by atoms with Gasteiger partial charge in [0.1, 0.15) is 5.75 Å². The minimum absolute atomic E-state index is 0.00875. The Hall–Kier alpha value is -2.05. The summed E-state index contributed by atoms with van der Waals surface area (Å²) in [5.74, 6) is -0.684. The van der Waals surface area contributed by atoms with Gasteiger partial charge in [0.05, 0.1) is 38.6 Å². The summed E-state index contributed by atoms with van der Waals surface area (Å²) in [5.41, 5.74) is 6.68. The minimum atomic E-state index is -2.09. The molecule has 8 heteroatoms. The van der Waals surface area contributed by atoms with E-state index in [1.54, 1.807) is 7.11 Å². The van der Waals surface area contributed by atoms with Crippen LogP contribution in [0.1, 0.15) is 106 Å². The molecule has 6 nitrogen and oxygen atoms in total. The van der Waals surface area contributed by atoms with Crippen molar-refractivity contribution in [3.05, 3.63) is 89.1 Å². The Kier molecular flexibility index (Phi) is 15.6. The molecule has 0 spiro atoms. The lowest BCUT2D eigenvalue weighted by molar-refractivity contribution is -0.206. The fourth-order valence-corrected chi connectivity index (χ4v) is 9.18. The monoisotopic (exact) mass is 767 g/mol. The first-order chi connectivity index (χ1) is 24.3. The average molecular weight is 767 g/mol. The second-order valence-corrected chi connectivity index (χ2v) is 28.5. The molecule has 1 aromatic carbocycles. The van der Waals surface area contributed by atoms with Gasteiger partial charge in [0.15, 0.2) is 22.4 Å². The molecule has 0 saturated heterocycles. The molecular formula is C45H74O6Si2. The average Bonchev–Trinajstić information content (AvgIpc) is 3.00. The lowest BCUT2D eigenvalue weighted by Gasteiger charge is -2.46. The van der Waals surface area contributed by atoms with Gasteiger partial charge in [-0.05, 0) is 124 Å². The second-order valence-electron chi connectivity index (χ2n) is 19.0. The van der Waals surface area contributed by atoms with Crippen molar-refractivity contribution in [2.75, 3.05) is 13.7 Å². The summed E-state index contributed by atoms with van der Waals surface area (Å²) in [6.45, 7) is 38.7. The Morgan fingerprint density at radius 1 is 0.981 bits per heavy atom. The van der Waals surface area contributed by atoms with E-state index >= 15 is 0 Å². The van der Waals surface area contributed by atoms with Crippen LogP contribution in [-0.2, 0) is 24.9 Å². The number of benzene rings is 1. The van der Waals surface area contributed by atoms with Gasteiger partial charge >= 0.3 is 0 Å². The third-order valence-corrected chi connectivity index (χ3v) is 20.8. The van der Waals surface area contributed by atoms with E-state index in [2.05, 4.69) is 114 Å². The van der Waals surface area contributed by atoms with Gasteiger partial charge in [-0.1, -0.05) is 89.1 Å². The fourth-order valence-electron chi connectivity index (χ4n) is 6.58. The molecule has 0 saturated carbocycles. The molecule has 53 heavy (non-hydrogen) atoms. The van der Waals surface area contributed by atoms with Gasteiger partial charge in [0.25, 0.3) is 0 Å². The van der Waals surface area contributed by atoms with E-state index in [0.717, 1.165) is 53.7 Å². The molecule has 1 heterocycles. The van der Waals surface area contributed by atoms with Crippen molar-refractivity contribution in [2.24, 2.45) is 5.92 Å². The lowest BCUT2D eigenvalue weighted by atomic mass is 9.78. The van der Waals surface area contributed by atoms with E-state index in [-0.39, 0.29) is 40.7 Å². The summed E-state index contributed by atoms with van der Waals surface area (Å²) < 4.78 is 32.3. The molecule has 0 fully saturated rings. The summed E-state index contributed by atoms with van der Waals surface area (Å²) in [5, 5.41) is 12.4. The van der Waals surface area contributed by atoms with Gasteiger partial charge in [0.2, 0.25) is 0 Å². The highest BCUT2D eigenvalue weighted by atomic mass is 28.4. The number of rotatable bonds is 18. The molecule has 3 rings (SSSR count). The Labute approximate surface area is 326 Å². The van der Waals surface area contributed by atoms with Crippen molar-refractivity contribution in [1.82, 2.24) is 0 Å². The number of allylic oxidation sites excluding steroid dienone is 2. The van der Waals surface area contributed by atoms with Gasteiger partial charge in [-0.2, -0.15) is 0 Å². The van der Waals surface area contributed by atoms with Crippen LogP contribution in [0.5, 0.6) is 5.75 Å².